The molecule has 3 fully saturated rings. The summed E-state index contributed by atoms with van der Waals surface area (Å²) in [6.45, 7) is 2.43. The molecule has 0 aromatic heterocycles. The van der Waals surface area contributed by atoms with Crippen molar-refractivity contribution in [1.82, 2.24) is 0 Å². The molecule has 110 valence electrons. The summed E-state index contributed by atoms with van der Waals surface area (Å²) < 4.78 is 30.2. The molecular formula is C15H26O3S. The maximum absolute atomic E-state index is 10.7. The Morgan fingerprint density at radius 2 is 1.74 bits per heavy atom. The molecule has 3 nitrogen and oxygen atoms in total. The van der Waals surface area contributed by atoms with Gasteiger partial charge in [0.2, 0.25) is 0 Å². The van der Waals surface area contributed by atoms with E-state index in [1.54, 1.807) is 0 Å². The van der Waals surface area contributed by atoms with Crippen LogP contribution in [0.3, 0.4) is 0 Å². The van der Waals surface area contributed by atoms with E-state index in [0.29, 0.717) is 6.42 Å². The summed E-state index contributed by atoms with van der Waals surface area (Å²) in [7, 11) is -3.76. The lowest BCUT2D eigenvalue weighted by Crippen LogP contribution is -2.24. The molecule has 6 unspecified atom stereocenters. The number of hydrogen-bond acceptors (Lipinski definition) is 2. The molecule has 0 spiro atoms. The third-order valence-electron chi connectivity index (χ3n) is 6.15. The van der Waals surface area contributed by atoms with Crippen molar-refractivity contribution in [3.63, 3.8) is 0 Å². The minimum absolute atomic E-state index is 0.0601. The Bertz CT molecular complexity index is 431. The van der Waals surface area contributed by atoms with E-state index >= 15 is 0 Å². The normalized spacial score (nSPS) is 44.7. The third-order valence-corrected chi connectivity index (χ3v) is 6.95. The fraction of sp³-hybridized carbons (Fsp3) is 1.00. The summed E-state index contributed by atoms with van der Waals surface area (Å²) in [5, 5.41) is 0. The van der Waals surface area contributed by atoms with Crippen molar-refractivity contribution in [2.24, 2.45) is 35.5 Å². The molecule has 3 aliphatic rings. The van der Waals surface area contributed by atoms with E-state index in [1.807, 2.05) is 0 Å². The lowest BCUT2D eigenvalue weighted by Gasteiger charge is -2.30. The molecule has 3 aliphatic carbocycles. The second-order valence-electron chi connectivity index (χ2n) is 7.24. The molecule has 0 heterocycles. The van der Waals surface area contributed by atoms with Gasteiger partial charge in [-0.15, -0.1) is 0 Å². The van der Waals surface area contributed by atoms with Crippen LogP contribution in [-0.4, -0.2) is 18.7 Å². The molecule has 1 N–H and O–H groups in total. The molecule has 0 saturated heterocycles. The molecule has 0 aliphatic heterocycles. The van der Waals surface area contributed by atoms with Crippen LogP contribution in [-0.2, 0) is 10.1 Å². The Balaban J connectivity index is 1.52. The molecule has 0 radical (unpaired) electrons. The molecule has 19 heavy (non-hydrogen) atoms. The standard InChI is InChI=1S/C15H26O3S/c1-10-8-11(4-2-3-7-19(16,17)18)15-13-6-5-12(9-13)14(10)15/h10-15H,2-9H2,1H3,(H,16,17,18). The summed E-state index contributed by atoms with van der Waals surface area (Å²) in [5.41, 5.74) is 0. The highest BCUT2D eigenvalue weighted by Crippen LogP contribution is 2.63. The Hall–Kier alpha value is -0.0900. The molecule has 3 rings (SSSR count). The first kappa shape index (κ1) is 13.9. The van der Waals surface area contributed by atoms with Gasteiger partial charge < -0.3 is 0 Å². The van der Waals surface area contributed by atoms with Gasteiger partial charge in [0.25, 0.3) is 10.1 Å². The minimum Gasteiger partial charge on any atom is -0.286 e. The van der Waals surface area contributed by atoms with E-state index in [9.17, 15) is 8.42 Å². The van der Waals surface area contributed by atoms with Crippen LogP contribution >= 0.6 is 0 Å². The average Bonchev–Trinajstić information content (AvgIpc) is 2.97. The third kappa shape index (κ3) is 2.71. The predicted octanol–water partition coefficient (Wildman–Crippen LogP) is 3.36. The number of unbranched alkanes of at least 4 members (excludes halogenated alkanes) is 1. The van der Waals surface area contributed by atoms with Crippen LogP contribution in [0.25, 0.3) is 0 Å². The van der Waals surface area contributed by atoms with Gasteiger partial charge in [0.15, 0.2) is 0 Å². The Morgan fingerprint density at radius 3 is 2.42 bits per heavy atom. The second-order valence-corrected chi connectivity index (χ2v) is 8.81. The van der Waals surface area contributed by atoms with Crippen molar-refractivity contribution in [1.29, 1.82) is 0 Å². The molecule has 2 bridgehead atoms. The zero-order valence-electron chi connectivity index (χ0n) is 11.8. The van der Waals surface area contributed by atoms with Crippen LogP contribution in [0.15, 0.2) is 0 Å². The van der Waals surface area contributed by atoms with Crippen LogP contribution in [0, 0.1) is 35.5 Å². The van der Waals surface area contributed by atoms with E-state index < -0.39 is 10.1 Å². The number of rotatable bonds is 5. The highest BCUT2D eigenvalue weighted by molar-refractivity contribution is 7.85. The fourth-order valence-electron chi connectivity index (χ4n) is 5.72. The average molecular weight is 286 g/mol. The van der Waals surface area contributed by atoms with Gasteiger partial charge in [0.05, 0.1) is 5.75 Å². The predicted molar refractivity (Wildman–Crippen MR) is 75.3 cm³/mol. The van der Waals surface area contributed by atoms with Gasteiger partial charge in [0.1, 0.15) is 0 Å². The first-order chi connectivity index (χ1) is 8.96. The zero-order valence-corrected chi connectivity index (χ0v) is 12.6. The van der Waals surface area contributed by atoms with Crippen molar-refractivity contribution < 1.29 is 13.0 Å². The summed E-state index contributed by atoms with van der Waals surface area (Å²) in [6, 6.07) is 0. The van der Waals surface area contributed by atoms with E-state index in [1.165, 1.54) is 32.1 Å². The first-order valence-corrected chi connectivity index (χ1v) is 9.52. The fourth-order valence-corrected chi connectivity index (χ4v) is 6.29. The maximum Gasteiger partial charge on any atom is 0.264 e. The van der Waals surface area contributed by atoms with Crippen LogP contribution in [0.4, 0.5) is 0 Å². The zero-order chi connectivity index (χ0) is 13.6. The lowest BCUT2D eigenvalue weighted by molar-refractivity contribution is 0.187. The van der Waals surface area contributed by atoms with Crippen molar-refractivity contribution in [2.75, 3.05) is 5.75 Å². The van der Waals surface area contributed by atoms with E-state index in [0.717, 1.165) is 41.9 Å². The quantitative estimate of drug-likeness (QED) is 0.623. The summed E-state index contributed by atoms with van der Waals surface area (Å²) in [6.07, 6.45) is 8.48. The van der Waals surface area contributed by atoms with Crippen LogP contribution in [0.5, 0.6) is 0 Å². The Morgan fingerprint density at radius 1 is 1.05 bits per heavy atom. The SMILES string of the molecule is CC1CC(CCCCS(=O)(=O)O)C2C3CCC(C3)C12. The van der Waals surface area contributed by atoms with Gasteiger partial charge in [-0.1, -0.05) is 19.8 Å². The summed E-state index contributed by atoms with van der Waals surface area (Å²) in [4.78, 5) is 0. The molecule has 0 amide bonds. The van der Waals surface area contributed by atoms with Gasteiger partial charge in [-0.2, -0.15) is 8.42 Å². The highest BCUT2D eigenvalue weighted by Gasteiger charge is 2.55. The number of hydrogen-bond donors (Lipinski definition) is 1. The van der Waals surface area contributed by atoms with Crippen molar-refractivity contribution >= 4 is 10.1 Å². The number of fused-ring (bicyclic) bond motifs is 5. The molecule has 0 aromatic rings. The van der Waals surface area contributed by atoms with Gasteiger partial charge in [-0.25, -0.2) is 0 Å². The lowest BCUT2D eigenvalue weighted by atomic mass is 9.75. The largest absolute Gasteiger partial charge is 0.286 e. The topological polar surface area (TPSA) is 54.4 Å². The van der Waals surface area contributed by atoms with Crippen molar-refractivity contribution in [3.8, 4) is 0 Å². The van der Waals surface area contributed by atoms with Gasteiger partial charge in [-0.3, -0.25) is 4.55 Å². The van der Waals surface area contributed by atoms with Crippen LogP contribution in [0.1, 0.15) is 51.9 Å². The smallest absolute Gasteiger partial charge is 0.264 e. The highest BCUT2D eigenvalue weighted by atomic mass is 32.2. The Kier molecular flexibility index (Phi) is 3.67. The van der Waals surface area contributed by atoms with Crippen LogP contribution < -0.4 is 0 Å². The first-order valence-electron chi connectivity index (χ1n) is 7.91. The van der Waals surface area contributed by atoms with Gasteiger partial charge in [-0.05, 0) is 67.6 Å². The molecular weight excluding hydrogens is 260 g/mol. The van der Waals surface area contributed by atoms with Gasteiger partial charge >= 0.3 is 0 Å². The molecule has 4 heteroatoms. The summed E-state index contributed by atoms with van der Waals surface area (Å²) in [5.74, 6) is 5.56. The van der Waals surface area contributed by atoms with Gasteiger partial charge in [0, 0.05) is 0 Å². The molecule has 3 saturated carbocycles. The van der Waals surface area contributed by atoms with E-state index in [-0.39, 0.29) is 5.75 Å². The summed E-state index contributed by atoms with van der Waals surface area (Å²) >= 11 is 0. The monoisotopic (exact) mass is 286 g/mol. The minimum atomic E-state index is -3.76. The molecule has 6 atom stereocenters. The maximum atomic E-state index is 10.7. The van der Waals surface area contributed by atoms with Crippen LogP contribution in [0.2, 0.25) is 0 Å². The van der Waals surface area contributed by atoms with E-state index in [2.05, 4.69) is 6.92 Å². The van der Waals surface area contributed by atoms with Crippen molar-refractivity contribution in [2.45, 2.75) is 51.9 Å². The molecule has 0 aromatic carbocycles. The second kappa shape index (κ2) is 5.03. The van der Waals surface area contributed by atoms with Crippen molar-refractivity contribution in [3.05, 3.63) is 0 Å². The Labute approximate surface area is 116 Å². The van der Waals surface area contributed by atoms with E-state index in [4.69, 9.17) is 4.55 Å².